The van der Waals surface area contributed by atoms with Crippen molar-refractivity contribution in [1.29, 1.82) is 0 Å². The van der Waals surface area contributed by atoms with Gasteiger partial charge in [-0.1, -0.05) is 297 Å². The summed E-state index contributed by atoms with van der Waals surface area (Å²) in [4.78, 5) is 0. The fraction of sp³-hybridized carbons (Fsp3) is 0. The van der Waals surface area contributed by atoms with Gasteiger partial charge in [-0.3, -0.25) is 0 Å². The SMILES string of the molecule is c1ccc(-c2cccc([Si](c3ccccc3)(c3ccccc3)c3cccc(-n4c5ccccc5c5c(-n6c7ccccc7c7c([Si](c8ccccc8)(c8ccccc8)c8cccc(-c9ccccc9)c8)cccc76)cccc54)c3)c2)cc1. The minimum atomic E-state index is -3.10. The number of rotatable bonds is 12. The fourth-order valence-electron chi connectivity index (χ4n) is 13.8. The molecule has 0 fully saturated rings. The number of hydrogen-bond acceptors (Lipinski definition) is 0. The van der Waals surface area contributed by atoms with Crippen LogP contribution in [0.1, 0.15) is 0 Å². The second-order valence-corrected chi connectivity index (χ2v) is 29.1. The summed E-state index contributed by atoms with van der Waals surface area (Å²) >= 11 is 0. The summed E-state index contributed by atoms with van der Waals surface area (Å²) in [7, 11) is -6.09. The van der Waals surface area contributed by atoms with Gasteiger partial charge in [-0.15, -0.1) is 0 Å². The van der Waals surface area contributed by atoms with Gasteiger partial charge in [0.1, 0.15) is 0 Å². The topological polar surface area (TPSA) is 9.86 Å². The lowest BCUT2D eigenvalue weighted by Gasteiger charge is -2.35. The largest absolute Gasteiger partial charge is 0.309 e. The number of nitrogens with zero attached hydrogens (tertiary/aromatic N) is 2. The van der Waals surface area contributed by atoms with Crippen molar-refractivity contribution in [2.45, 2.75) is 0 Å². The Balaban J connectivity index is 0.987. The Morgan fingerprint density at radius 2 is 0.549 bits per heavy atom. The van der Waals surface area contributed by atoms with E-state index < -0.39 is 16.1 Å². The molecule has 0 saturated carbocycles. The van der Waals surface area contributed by atoms with Crippen molar-refractivity contribution in [2.75, 3.05) is 0 Å². The number of aromatic nitrogens is 2. The van der Waals surface area contributed by atoms with Crippen LogP contribution in [0.4, 0.5) is 0 Å². The van der Waals surface area contributed by atoms with Gasteiger partial charge in [-0.05, 0) is 106 Å². The van der Waals surface area contributed by atoms with Crippen molar-refractivity contribution in [3.63, 3.8) is 0 Å². The average Bonchev–Trinajstić information content (AvgIpc) is 3.01. The minimum absolute atomic E-state index is 1.13. The molecule has 2 nitrogen and oxygen atoms in total. The molecule has 0 aliphatic rings. The van der Waals surface area contributed by atoms with E-state index in [9.17, 15) is 0 Å². The van der Waals surface area contributed by atoms with Gasteiger partial charge >= 0.3 is 0 Å². The Labute approximate surface area is 480 Å². The van der Waals surface area contributed by atoms with Gasteiger partial charge in [-0.25, -0.2) is 0 Å². The maximum absolute atomic E-state index is 3.10. The maximum Gasteiger partial charge on any atom is 0.180 e. The molecular weight excluding hydrogens is 1020 g/mol. The zero-order valence-corrected chi connectivity index (χ0v) is 47.2. The van der Waals surface area contributed by atoms with E-state index in [4.69, 9.17) is 0 Å². The molecule has 0 aliphatic heterocycles. The van der Waals surface area contributed by atoms with Crippen LogP contribution in [-0.4, -0.2) is 25.3 Å². The van der Waals surface area contributed by atoms with E-state index in [-0.39, 0.29) is 0 Å². The molecule has 15 rings (SSSR count). The molecule has 0 N–H and O–H groups in total. The zero-order valence-electron chi connectivity index (χ0n) is 45.2. The van der Waals surface area contributed by atoms with Gasteiger partial charge in [0.15, 0.2) is 16.1 Å². The second kappa shape index (κ2) is 20.5. The molecule has 13 aromatic carbocycles. The normalized spacial score (nSPS) is 11.9. The van der Waals surface area contributed by atoms with E-state index in [1.807, 2.05) is 0 Å². The molecule has 0 saturated heterocycles. The summed E-state index contributed by atoms with van der Waals surface area (Å²) in [6, 6.07) is 128. The Morgan fingerprint density at radius 3 is 1.07 bits per heavy atom. The molecule has 386 valence electrons. The Bertz CT molecular complexity index is 4700. The van der Waals surface area contributed by atoms with Crippen molar-refractivity contribution < 1.29 is 0 Å². The molecule has 2 heterocycles. The highest BCUT2D eigenvalue weighted by Gasteiger charge is 2.44. The third-order valence-electron chi connectivity index (χ3n) is 17.2. The van der Waals surface area contributed by atoms with Crippen molar-refractivity contribution in [1.82, 2.24) is 9.13 Å². The molecular formula is C78H56N2Si2. The van der Waals surface area contributed by atoms with Gasteiger partial charge < -0.3 is 9.13 Å². The molecule has 15 aromatic rings. The van der Waals surface area contributed by atoms with Crippen molar-refractivity contribution in [2.24, 2.45) is 0 Å². The smallest absolute Gasteiger partial charge is 0.180 e. The van der Waals surface area contributed by atoms with Gasteiger partial charge in [-0.2, -0.15) is 0 Å². The molecule has 82 heavy (non-hydrogen) atoms. The Kier molecular flexibility index (Phi) is 12.3. The van der Waals surface area contributed by atoms with Crippen LogP contribution in [0.25, 0.3) is 77.2 Å². The first kappa shape index (κ1) is 49.0. The Morgan fingerprint density at radius 1 is 0.207 bits per heavy atom. The molecule has 0 amide bonds. The molecule has 0 radical (unpaired) electrons. The van der Waals surface area contributed by atoms with E-state index in [0.717, 1.165) is 16.9 Å². The van der Waals surface area contributed by atoms with Crippen LogP contribution in [0.5, 0.6) is 0 Å². The summed E-state index contributed by atoms with van der Waals surface area (Å²) in [5, 5.41) is 15.7. The van der Waals surface area contributed by atoms with Crippen molar-refractivity contribution in [3.05, 3.63) is 340 Å². The number of hydrogen-bond donors (Lipinski definition) is 0. The maximum atomic E-state index is 2.57. The van der Waals surface area contributed by atoms with E-state index in [0.29, 0.717) is 0 Å². The minimum Gasteiger partial charge on any atom is -0.309 e. The first-order valence-electron chi connectivity index (χ1n) is 28.4. The molecule has 0 unspecified atom stereocenters. The van der Waals surface area contributed by atoms with Crippen LogP contribution >= 0.6 is 0 Å². The zero-order chi connectivity index (χ0) is 54.5. The summed E-state index contributed by atoms with van der Waals surface area (Å²) < 4.78 is 5.09. The average molecular weight is 1080 g/mol. The van der Waals surface area contributed by atoms with Crippen molar-refractivity contribution in [3.8, 4) is 33.6 Å². The first-order valence-corrected chi connectivity index (χ1v) is 32.4. The molecule has 0 bridgehead atoms. The standard InChI is InChI=1S/C78H56N2Si2/c1-7-28-57(29-8-1)59-32-23-43-66(54-59)81(62-35-11-3-12-36-62,63-37-13-4-14-38-63)68-45-25-34-61(56-68)79-71-48-21-19-46-69(71)77-73(79)50-26-51-74(77)80-72-49-22-20-47-70(72)78-75(80)52-27-53-76(78)82(64-39-15-5-16-40-64,65-41-17-6-18-42-65)67-44-24-33-60(55-67)58-30-9-2-10-31-58/h1-56H. The third-order valence-corrected chi connectivity index (χ3v) is 26.7. The lowest BCUT2D eigenvalue weighted by atomic mass is 10.1. The summed E-state index contributed by atoms with van der Waals surface area (Å²) in [5.74, 6) is 0. The molecule has 0 spiro atoms. The van der Waals surface area contributed by atoms with Gasteiger partial charge in [0, 0.05) is 27.2 Å². The summed E-state index contributed by atoms with van der Waals surface area (Å²) in [6.07, 6.45) is 0. The lowest BCUT2D eigenvalue weighted by Crippen LogP contribution is -2.74. The highest BCUT2D eigenvalue weighted by atomic mass is 28.3. The highest BCUT2D eigenvalue weighted by Crippen LogP contribution is 2.40. The van der Waals surface area contributed by atoms with E-state index in [1.165, 1.54) is 102 Å². The second-order valence-electron chi connectivity index (χ2n) is 21.5. The van der Waals surface area contributed by atoms with E-state index >= 15 is 0 Å². The number of para-hydroxylation sites is 2. The highest BCUT2D eigenvalue weighted by molar-refractivity contribution is 7.21. The van der Waals surface area contributed by atoms with Crippen LogP contribution in [0.15, 0.2) is 340 Å². The van der Waals surface area contributed by atoms with E-state index in [2.05, 4.69) is 349 Å². The van der Waals surface area contributed by atoms with Crippen LogP contribution in [-0.2, 0) is 0 Å². The summed E-state index contributed by atoms with van der Waals surface area (Å²) in [5.41, 5.74) is 11.8. The molecule has 0 aliphatic carbocycles. The van der Waals surface area contributed by atoms with Crippen LogP contribution in [0, 0.1) is 0 Å². The first-order chi connectivity index (χ1) is 40.7. The predicted molar refractivity (Wildman–Crippen MR) is 353 cm³/mol. The molecule has 0 atom stereocenters. The monoisotopic (exact) mass is 1080 g/mol. The Hall–Kier alpha value is -10.1. The van der Waals surface area contributed by atoms with Crippen LogP contribution in [0.2, 0.25) is 0 Å². The van der Waals surface area contributed by atoms with Crippen LogP contribution < -0.4 is 41.5 Å². The third kappa shape index (κ3) is 7.83. The predicted octanol–water partition coefficient (Wildman–Crippen LogP) is 14.0. The van der Waals surface area contributed by atoms with Crippen LogP contribution in [0.3, 0.4) is 0 Å². The van der Waals surface area contributed by atoms with Gasteiger partial charge in [0.05, 0.1) is 27.8 Å². The molecule has 4 heteroatoms. The van der Waals surface area contributed by atoms with Crippen molar-refractivity contribution >= 4 is 101 Å². The number of benzene rings is 13. The lowest BCUT2D eigenvalue weighted by molar-refractivity contribution is 1.17. The van der Waals surface area contributed by atoms with E-state index in [1.54, 1.807) is 0 Å². The van der Waals surface area contributed by atoms with Gasteiger partial charge in [0.25, 0.3) is 0 Å². The quantitative estimate of drug-likeness (QED) is 0.0852. The molecule has 2 aromatic heterocycles. The summed E-state index contributed by atoms with van der Waals surface area (Å²) in [6.45, 7) is 0. The number of fused-ring (bicyclic) bond motifs is 6. The van der Waals surface area contributed by atoms with Gasteiger partial charge in [0.2, 0.25) is 0 Å². The fourth-order valence-corrected chi connectivity index (χ4v) is 23.6.